The molecule has 0 atom stereocenters. The number of pyridine rings is 1. The number of aryl methyl sites for hydroxylation is 1. The highest BCUT2D eigenvalue weighted by Crippen LogP contribution is 2.38. The minimum Gasteiger partial charge on any atom is -0.352 e. The van der Waals surface area contributed by atoms with Crippen LogP contribution in [-0.4, -0.2) is 41.4 Å². The lowest BCUT2D eigenvalue weighted by Crippen LogP contribution is -2.17. The van der Waals surface area contributed by atoms with E-state index in [4.69, 9.17) is 11.6 Å². The van der Waals surface area contributed by atoms with Gasteiger partial charge in [-0.1, -0.05) is 29.8 Å². The number of halogens is 1. The fourth-order valence-electron chi connectivity index (χ4n) is 3.86. The van der Waals surface area contributed by atoms with Crippen LogP contribution in [0.25, 0.3) is 21.8 Å². The second-order valence-corrected chi connectivity index (χ2v) is 8.26. The van der Waals surface area contributed by atoms with Crippen molar-refractivity contribution in [2.75, 3.05) is 26.0 Å². The van der Waals surface area contributed by atoms with E-state index in [1.807, 2.05) is 43.3 Å². The van der Waals surface area contributed by atoms with Crippen molar-refractivity contribution in [3.8, 4) is 0 Å². The first-order valence-electron chi connectivity index (χ1n) is 10.0. The van der Waals surface area contributed by atoms with E-state index in [2.05, 4.69) is 34.3 Å². The van der Waals surface area contributed by atoms with Crippen molar-refractivity contribution in [2.45, 2.75) is 19.8 Å². The molecule has 0 saturated carbocycles. The normalized spacial score (nSPS) is 11.5. The molecule has 154 valence electrons. The third kappa shape index (κ3) is 3.91. The Morgan fingerprint density at radius 1 is 1.20 bits per heavy atom. The number of fused-ring (bicyclic) bond motifs is 3. The minimum atomic E-state index is -0.137. The van der Waals surface area contributed by atoms with Gasteiger partial charge in [0.25, 0.3) is 5.91 Å². The Bertz CT molecular complexity index is 1230. The molecule has 4 rings (SSSR count). The summed E-state index contributed by atoms with van der Waals surface area (Å²) in [5.74, 6) is -0.137. The molecule has 0 aliphatic carbocycles. The molecule has 0 aliphatic heterocycles. The molecule has 0 unspecified atom stereocenters. The van der Waals surface area contributed by atoms with Gasteiger partial charge in [-0.2, -0.15) is 0 Å². The van der Waals surface area contributed by atoms with Gasteiger partial charge in [-0.15, -0.1) is 0 Å². The molecule has 0 bridgehead atoms. The van der Waals surface area contributed by atoms with Crippen LogP contribution < -0.4 is 5.32 Å². The third-order valence-corrected chi connectivity index (χ3v) is 5.75. The number of anilines is 1. The number of H-pyrrole nitrogens is 1. The van der Waals surface area contributed by atoms with E-state index in [1.54, 1.807) is 12.4 Å². The van der Waals surface area contributed by atoms with Crippen molar-refractivity contribution >= 4 is 45.0 Å². The molecule has 30 heavy (non-hydrogen) atoms. The van der Waals surface area contributed by atoms with Gasteiger partial charge in [-0.25, -0.2) is 0 Å². The van der Waals surface area contributed by atoms with Gasteiger partial charge < -0.3 is 15.2 Å². The van der Waals surface area contributed by atoms with Crippen molar-refractivity contribution in [1.82, 2.24) is 14.9 Å². The van der Waals surface area contributed by atoms with Gasteiger partial charge in [-0.05, 0) is 69.7 Å². The number of nitrogens with zero attached hydrogens (tertiary/aromatic N) is 2. The highest BCUT2D eigenvalue weighted by Gasteiger charge is 2.19. The molecular weight excluding hydrogens is 396 g/mol. The first-order valence-corrected chi connectivity index (χ1v) is 10.4. The number of hydrogen-bond acceptors (Lipinski definition) is 3. The molecule has 0 radical (unpaired) electrons. The van der Waals surface area contributed by atoms with E-state index >= 15 is 0 Å². The molecule has 1 amide bonds. The van der Waals surface area contributed by atoms with E-state index in [0.717, 1.165) is 58.0 Å². The van der Waals surface area contributed by atoms with Crippen molar-refractivity contribution in [3.63, 3.8) is 0 Å². The third-order valence-electron chi connectivity index (χ3n) is 5.41. The minimum absolute atomic E-state index is 0.137. The predicted octanol–water partition coefficient (Wildman–Crippen LogP) is 5.42. The molecule has 2 heterocycles. The van der Waals surface area contributed by atoms with Gasteiger partial charge in [0.1, 0.15) is 0 Å². The van der Waals surface area contributed by atoms with Gasteiger partial charge in [0.2, 0.25) is 0 Å². The van der Waals surface area contributed by atoms with Crippen LogP contribution >= 0.6 is 11.6 Å². The smallest absolute Gasteiger partial charge is 0.255 e. The molecule has 0 spiro atoms. The quantitative estimate of drug-likeness (QED) is 0.437. The number of aromatic nitrogens is 2. The van der Waals surface area contributed by atoms with Crippen LogP contribution in [0.5, 0.6) is 0 Å². The van der Waals surface area contributed by atoms with E-state index in [9.17, 15) is 4.79 Å². The van der Waals surface area contributed by atoms with E-state index in [1.165, 1.54) is 0 Å². The van der Waals surface area contributed by atoms with Gasteiger partial charge in [0.15, 0.2) is 0 Å². The lowest BCUT2D eigenvalue weighted by atomic mass is 10.0. The first-order chi connectivity index (χ1) is 14.5. The number of carbonyl (C=O) groups is 1. The average Bonchev–Trinajstić information content (AvgIpc) is 3.08. The van der Waals surface area contributed by atoms with E-state index in [-0.39, 0.29) is 5.91 Å². The highest BCUT2D eigenvalue weighted by atomic mass is 35.5. The molecule has 2 N–H and O–H groups in total. The number of benzene rings is 2. The summed E-state index contributed by atoms with van der Waals surface area (Å²) in [6.07, 6.45) is 5.26. The van der Waals surface area contributed by atoms with Crippen molar-refractivity contribution in [2.24, 2.45) is 0 Å². The SMILES string of the molecule is Cc1ccccc1C(=O)Nc1c(CCCN(C)C)c(Cl)cc2c1[nH]c1cnccc12. The average molecular weight is 421 g/mol. The second-order valence-electron chi connectivity index (χ2n) is 7.86. The molecule has 2 aromatic heterocycles. The van der Waals surface area contributed by atoms with Crippen molar-refractivity contribution in [1.29, 1.82) is 0 Å². The molecule has 6 heteroatoms. The fourth-order valence-corrected chi connectivity index (χ4v) is 4.16. The molecular formula is C24H25ClN4O. The monoisotopic (exact) mass is 420 g/mol. The summed E-state index contributed by atoms with van der Waals surface area (Å²) in [4.78, 5) is 22.9. The first kappa shape index (κ1) is 20.4. The number of carbonyl (C=O) groups excluding carboxylic acids is 1. The van der Waals surface area contributed by atoms with Crippen LogP contribution in [0.3, 0.4) is 0 Å². The van der Waals surface area contributed by atoms with Crippen LogP contribution in [-0.2, 0) is 6.42 Å². The summed E-state index contributed by atoms with van der Waals surface area (Å²) in [6.45, 7) is 2.88. The molecule has 2 aromatic carbocycles. The lowest BCUT2D eigenvalue weighted by Gasteiger charge is -2.16. The standard InChI is InChI=1S/C24H25ClN4O/c1-15-7-4-5-8-16(15)24(30)28-22-18(9-6-12-29(2)3)20(25)13-19-17-10-11-26-14-21(17)27-23(19)22/h4-5,7-8,10-11,13-14,27H,6,9,12H2,1-3H3,(H,28,30). The maximum atomic E-state index is 13.2. The summed E-state index contributed by atoms with van der Waals surface area (Å²) < 4.78 is 0. The Morgan fingerprint density at radius 2 is 2.00 bits per heavy atom. The molecule has 4 aromatic rings. The number of hydrogen-bond donors (Lipinski definition) is 2. The Balaban J connectivity index is 1.84. The van der Waals surface area contributed by atoms with Crippen molar-refractivity contribution < 1.29 is 4.79 Å². The summed E-state index contributed by atoms with van der Waals surface area (Å²) in [7, 11) is 4.10. The zero-order valence-electron chi connectivity index (χ0n) is 17.4. The zero-order valence-corrected chi connectivity index (χ0v) is 18.2. The largest absolute Gasteiger partial charge is 0.352 e. The van der Waals surface area contributed by atoms with E-state index in [0.29, 0.717) is 10.6 Å². The zero-order chi connectivity index (χ0) is 21.3. The maximum Gasteiger partial charge on any atom is 0.255 e. The highest BCUT2D eigenvalue weighted by molar-refractivity contribution is 6.34. The van der Waals surface area contributed by atoms with Gasteiger partial charge in [0, 0.05) is 27.6 Å². The van der Waals surface area contributed by atoms with E-state index < -0.39 is 0 Å². The summed E-state index contributed by atoms with van der Waals surface area (Å²) in [6, 6.07) is 11.5. The molecule has 0 aliphatic rings. The Hall–Kier alpha value is -2.89. The van der Waals surface area contributed by atoms with Crippen LogP contribution in [0.15, 0.2) is 48.8 Å². The van der Waals surface area contributed by atoms with Crippen LogP contribution in [0.2, 0.25) is 5.02 Å². The van der Waals surface area contributed by atoms with Gasteiger partial charge in [-0.3, -0.25) is 9.78 Å². The van der Waals surface area contributed by atoms with Crippen LogP contribution in [0, 0.1) is 6.92 Å². The van der Waals surface area contributed by atoms with Crippen LogP contribution in [0.4, 0.5) is 5.69 Å². The Labute approximate surface area is 181 Å². The summed E-state index contributed by atoms with van der Waals surface area (Å²) in [5, 5.41) is 5.84. The Kier molecular flexibility index (Phi) is 5.75. The number of nitrogens with one attached hydrogen (secondary N) is 2. The van der Waals surface area contributed by atoms with Gasteiger partial charge >= 0.3 is 0 Å². The second kappa shape index (κ2) is 8.46. The maximum absolute atomic E-state index is 13.2. The summed E-state index contributed by atoms with van der Waals surface area (Å²) in [5.41, 5.74) is 5.09. The van der Waals surface area contributed by atoms with Crippen LogP contribution in [0.1, 0.15) is 27.9 Å². The fraction of sp³-hybridized carbons (Fsp3) is 0.250. The molecule has 0 fully saturated rings. The Morgan fingerprint density at radius 3 is 2.77 bits per heavy atom. The summed E-state index contributed by atoms with van der Waals surface area (Å²) >= 11 is 6.75. The molecule has 0 saturated heterocycles. The van der Waals surface area contributed by atoms with Gasteiger partial charge in [0.05, 0.1) is 22.9 Å². The molecule has 5 nitrogen and oxygen atoms in total. The number of amides is 1. The topological polar surface area (TPSA) is 61.0 Å². The van der Waals surface area contributed by atoms with Crippen molar-refractivity contribution in [3.05, 3.63) is 70.5 Å². The lowest BCUT2D eigenvalue weighted by molar-refractivity contribution is 0.102. The predicted molar refractivity (Wildman–Crippen MR) is 125 cm³/mol. The number of rotatable bonds is 6. The number of aromatic amines is 1.